The van der Waals surface area contributed by atoms with Crippen LogP contribution in [0.4, 0.5) is 0 Å². The number of primary amides is 1. The fourth-order valence-electron chi connectivity index (χ4n) is 1.30. The summed E-state index contributed by atoms with van der Waals surface area (Å²) in [4.78, 5) is 10.6. The van der Waals surface area contributed by atoms with E-state index in [1.807, 2.05) is 25.1 Å². The lowest BCUT2D eigenvalue weighted by molar-refractivity contribution is -0.117. The number of rotatable bonds is 6. The quantitative estimate of drug-likeness (QED) is 0.832. The van der Waals surface area contributed by atoms with E-state index in [9.17, 15) is 4.79 Å². The van der Waals surface area contributed by atoms with Crippen LogP contribution in [0.1, 0.15) is 25.3 Å². The highest BCUT2D eigenvalue weighted by atomic mass is 35.5. The van der Waals surface area contributed by atoms with Gasteiger partial charge in [0.05, 0.1) is 11.6 Å². The third-order valence-corrected chi connectivity index (χ3v) is 2.41. The SMILES string of the molecule is CCCOc1ccc(CCC(N)=O)cc1Cl. The van der Waals surface area contributed by atoms with E-state index < -0.39 is 0 Å². The first-order valence-electron chi connectivity index (χ1n) is 5.33. The summed E-state index contributed by atoms with van der Waals surface area (Å²) < 4.78 is 5.44. The van der Waals surface area contributed by atoms with Gasteiger partial charge in [-0.15, -0.1) is 0 Å². The van der Waals surface area contributed by atoms with Gasteiger partial charge in [0.1, 0.15) is 5.75 Å². The van der Waals surface area contributed by atoms with Crippen molar-refractivity contribution in [3.05, 3.63) is 28.8 Å². The minimum absolute atomic E-state index is 0.303. The molecular formula is C12H16ClNO2. The van der Waals surface area contributed by atoms with Crippen LogP contribution in [0.5, 0.6) is 5.75 Å². The Morgan fingerprint density at radius 2 is 2.25 bits per heavy atom. The maximum Gasteiger partial charge on any atom is 0.217 e. The van der Waals surface area contributed by atoms with Crippen molar-refractivity contribution < 1.29 is 9.53 Å². The van der Waals surface area contributed by atoms with Gasteiger partial charge in [-0.3, -0.25) is 4.79 Å². The predicted molar refractivity (Wildman–Crippen MR) is 64.8 cm³/mol. The number of carbonyl (C=O) groups is 1. The van der Waals surface area contributed by atoms with Crippen molar-refractivity contribution in [1.82, 2.24) is 0 Å². The highest BCUT2D eigenvalue weighted by molar-refractivity contribution is 6.32. The van der Waals surface area contributed by atoms with E-state index in [1.165, 1.54) is 0 Å². The smallest absolute Gasteiger partial charge is 0.217 e. The highest BCUT2D eigenvalue weighted by Gasteiger charge is 2.04. The largest absolute Gasteiger partial charge is 0.492 e. The number of aryl methyl sites for hydroxylation is 1. The molecule has 1 aromatic carbocycles. The molecule has 4 heteroatoms. The van der Waals surface area contributed by atoms with Crippen molar-refractivity contribution in [2.24, 2.45) is 5.73 Å². The van der Waals surface area contributed by atoms with E-state index in [-0.39, 0.29) is 5.91 Å². The molecule has 88 valence electrons. The van der Waals surface area contributed by atoms with Crippen LogP contribution < -0.4 is 10.5 Å². The molecule has 3 nitrogen and oxygen atoms in total. The Balaban J connectivity index is 2.63. The Morgan fingerprint density at radius 1 is 1.50 bits per heavy atom. The van der Waals surface area contributed by atoms with Gasteiger partial charge in [0.2, 0.25) is 5.91 Å². The fourth-order valence-corrected chi connectivity index (χ4v) is 1.55. The van der Waals surface area contributed by atoms with Gasteiger partial charge in [0.25, 0.3) is 0 Å². The van der Waals surface area contributed by atoms with Crippen molar-refractivity contribution in [2.75, 3.05) is 6.61 Å². The fraction of sp³-hybridized carbons (Fsp3) is 0.417. The van der Waals surface area contributed by atoms with Crippen LogP contribution in [0, 0.1) is 0 Å². The molecule has 0 bridgehead atoms. The summed E-state index contributed by atoms with van der Waals surface area (Å²) in [6.45, 7) is 2.69. The molecule has 0 saturated carbocycles. The van der Waals surface area contributed by atoms with Gasteiger partial charge in [0, 0.05) is 6.42 Å². The summed E-state index contributed by atoms with van der Waals surface area (Å²) in [5.41, 5.74) is 6.07. The number of carbonyl (C=O) groups excluding carboxylic acids is 1. The van der Waals surface area contributed by atoms with Crippen LogP contribution in [0.3, 0.4) is 0 Å². The summed E-state index contributed by atoms with van der Waals surface area (Å²) in [5, 5.41) is 0.579. The number of amides is 1. The number of hydrogen-bond donors (Lipinski definition) is 1. The first-order valence-corrected chi connectivity index (χ1v) is 5.70. The molecule has 0 saturated heterocycles. The van der Waals surface area contributed by atoms with Crippen LogP contribution >= 0.6 is 11.6 Å². The molecule has 16 heavy (non-hydrogen) atoms. The van der Waals surface area contributed by atoms with E-state index >= 15 is 0 Å². The standard InChI is InChI=1S/C12H16ClNO2/c1-2-7-16-11-5-3-9(8-10(11)13)4-6-12(14)15/h3,5,8H,2,4,6-7H2,1H3,(H2,14,15). The predicted octanol–water partition coefficient (Wildman–Crippen LogP) is 2.55. The minimum atomic E-state index is -0.303. The van der Waals surface area contributed by atoms with Crippen molar-refractivity contribution in [3.63, 3.8) is 0 Å². The molecule has 0 aliphatic rings. The lowest BCUT2D eigenvalue weighted by Gasteiger charge is -2.08. The number of hydrogen-bond acceptors (Lipinski definition) is 2. The first-order chi connectivity index (χ1) is 7.63. The van der Waals surface area contributed by atoms with Crippen molar-refractivity contribution in [3.8, 4) is 5.75 Å². The van der Waals surface area contributed by atoms with Gasteiger partial charge in [-0.25, -0.2) is 0 Å². The van der Waals surface area contributed by atoms with Crippen molar-refractivity contribution >= 4 is 17.5 Å². The van der Waals surface area contributed by atoms with Gasteiger partial charge < -0.3 is 10.5 Å². The van der Waals surface area contributed by atoms with Crippen LogP contribution in [0.15, 0.2) is 18.2 Å². The Labute approximate surface area is 101 Å². The van der Waals surface area contributed by atoms with E-state index in [1.54, 1.807) is 0 Å². The zero-order valence-electron chi connectivity index (χ0n) is 9.33. The molecule has 1 amide bonds. The summed E-state index contributed by atoms with van der Waals surface area (Å²) >= 11 is 6.04. The third-order valence-electron chi connectivity index (χ3n) is 2.12. The van der Waals surface area contributed by atoms with E-state index in [0.717, 1.165) is 12.0 Å². The summed E-state index contributed by atoms with van der Waals surface area (Å²) in [6.07, 6.45) is 1.90. The zero-order chi connectivity index (χ0) is 12.0. The van der Waals surface area contributed by atoms with Gasteiger partial charge in [-0.2, -0.15) is 0 Å². The Kier molecular flexibility index (Phi) is 5.12. The lowest BCUT2D eigenvalue weighted by Crippen LogP contribution is -2.11. The van der Waals surface area contributed by atoms with E-state index in [4.69, 9.17) is 22.1 Å². The average Bonchev–Trinajstić information content (AvgIpc) is 2.25. The summed E-state index contributed by atoms with van der Waals surface area (Å²) in [6, 6.07) is 5.55. The van der Waals surface area contributed by atoms with Crippen LogP contribution in [0.25, 0.3) is 0 Å². The molecule has 0 aliphatic carbocycles. The number of halogens is 1. The molecular weight excluding hydrogens is 226 g/mol. The molecule has 0 fully saturated rings. The van der Waals surface area contributed by atoms with Crippen LogP contribution in [-0.4, -0.2) is 12.5 Å². The molecule has 1 aromatic rings. The van der Waals surface area contributed by atoms with Crippen LogP contribution in [-0.2, 0) is 11.2 Å². The molecule has 0 radical (unpaired) electrons. The normalized spacial score (nSPS) is 10.1. The Bertz CT molecular complexity index is 366. The Morgan fingerprint density at radius 3 is 2.81 bits per heavy atom. The van der Waals surface area contributed by atoms with E-state index in [2.05, 4.69) is 0 Å². The van der Waals surface area contributed by atoms with Crippen molar-refractivity contribution in [2.45, 2.75) is 26.2 Å². The molecule has 2 N–H and O–H groups in total. The molecule has 0 heterocycles. The van der Waals surface area contributed by atoms with Gasteiger partial charge in [-0.05, 0) is 30.5 Å². The van der Waals surface area contributed by atoms with Gasteiger partial charge >= 0.3 is 0 Å². The summed E-state index contributed by atoms with van der Waals surface area (Å²) in [7, 11) is 0. The third kappa shape index (κ3) is 4.11. The second-order valence-electron chi connectivity index (χ2n) is 3.58. The Hall–Kier alpha value is -1.22. The van der Waals surface area contributed by atoms with E-state index in [0.29, 0.717) is 30.2 Å². The monoisotopic (exact) mass is 241 g/mol. The summed E-state index contributed by atoms with van der Waals surface area (Å²) in [5.74, 6) is 0.383. The lowest BCUT2D eigenvalue weighted by atomic mass is 10.1. The maximum atomic E-state index is 10.6. The molecule has 0 aromatic heterocycles. The number of ether oxygens (including phenoxy) is 1. The highest BCUT2D eigenvalue weighted by Crippen LogP contribution is 2.26. The molecule has 1 rings (SSSR count). The van der Waals surface area contributed by atoms with Gasteiger partial charge in [0.15, 0.2) is 0 Å². The molecule has 0 unspecified atom stereocenters. The van der Waals surface area contributed by atoms with Crippen molar-refractivity contribution in [1.29, 1.82) is 0 Å². The molecule has 0 spiro atoms. The number of benzene rings is 1. The first kappa shape index (κ1) is 12.8. The topological polar surface area (TPSA) is 52.3 Å². The minimum Gasteiger partial charge on any atom is -0.492 e. The molecule has 0 aliphatic heterocycles. The molecule has 0 atom stereocenters. The second kappa shape index (κ2) is 6.38. The van der Waals surface area contributed by atoms with Gasteiger partial charge in [-0.1, -0.05) is 24.6 Å². The number of nitrogens with two attached hydrogens (primary N) is 1. The van der Waals surface area contributed by atoms with Crippen LogP contribution in [0.2, 0.25) is 5.02 Å². The zero-order valence-corrected chi connectivity index (χ0v) is 10.1. The second-order valence-corrected chi connectivity index (χ2v) is 3.99. The average molecular weight is 242 g/mol. The maximum absolute atomic E-state index is 10.6.